The molecule has 2 aliphatic heterocycles. The third-order valence-corrected chi connectivity index (χ3v) is 6.62. The lowest BCUT2D eigenvalue weighted by atomic mass is 10.0. The molecule has 0 saturated heterocycles. The predicted molar refractivity (Wildman–Crippen MR) is 145 cm³/mol. The molecule has 2 heterocycles. The lowest BCUT2D eigenvalue weighted by Crippen LogP contribution is -2.35. The summed E-state index contributed by atoms with van der Waals surface area (Å²) in [6, 6.07) is 11.0. The topological polar surface area (TPSA) is 96.6 Å². The van der Waals surface area contributed by atoms with E-state index in [9.17, 15) is 18.0 Å². The van der Waals surface area contributed by atoms with Gasteiger partial charge in [0.05, 0.1) is 12.2 Å². The number of nitrogens with one attached hydrogen (secondary N) is 1. The average Bonchev–Trinajstić information content (AvgIpc) is 3.30. The third kappa shape index (κ3) is 6.44. The number of thioether (sulfide) groups is 1. The molecule has 2 aromatic carbocycles. The predicted octanol–water partition coefficient (Wildman–Crippen LogP) is 6.16. The Morgan fingerprint density at radius 3 is 2.44 bits per heavy atom. The van der Waals surface area contributed by atoms with Gasteiger partial charge in [-0.2, -0.15) is 28.3 Å². The highest BCUT2D eigenvalue weighted by atomic mass is 32.2. The van der Waals surface area contributed by atoms with Crippen LogP contribution in [0.2, 0.25) is 0 Å². The second-order valence-electron chi connectivity index (χ2n) is 8.96. The van der Waals surface area contributed by atoms with Crippen LogP contribution < -0.4 is 14.2 Å². The lowest BCUT2D eigenvalue weighted by Gasteiger charge is -2.20. The first-order valence-electron chi connectivity index (χ1n) is 12.2. The normalized spacial score (nSPS) is 16.4. The average molecular weight is 561 g/mol. The van der Waals surface area contributed by atoms with E-state index < -0.39 is 23.0 Å². The van der Waals surface area contributed by atoms with Crippen molar-refractivity contribution in [1.82, 2.24) is 5.01 Å². The first-order chi connectivity index (χ1) is 18.5. The summed E-state index contributed by atoms with van der Waals surface area (Å²) < 4.78 is 56.7. The molecule has 2 aromatic rings. The van der Waals surface area contributed by atoms with Crippen molar-refractivity contribution in [2.75, 3.05) is 19.8 Å². The summed E-state index contributed by atoms with van der Waals surface area (Å²) in [7, 11) is 0. The fourth-order valence-electron chi connectivity index (χ4n) is 3.82. The summed E-state index contributed by atoms with van der Waals surface area (Å²) in [6.07, 6.45) is -3.35. The lowest BCUT2D eigenvalue weighted by molar-refractivity contribution is -0.114. The minimum atomic E-state index is -4.71. The number of carbonyl (C=O) groups is 1. The van der Waals surface area contributed by atoms with Gasteiger partial charge >= 0.3 is 6.18 Å². The Bertz CT molecular complexity index is 1390. The Hall–Kier alpha value is -3.80. The van der Waals surface area contributed by atoms with E-state index in [4.69, 9.17) is 19.6 Å². The molecule has 1 amide bonds. The number of aryl methyl sites for hydroxylation is 1. The van der Waals surface area contributed by atoms with E-state index in [0.717, 1.165) is 16.9 Å². The van der Waals surface area contributed by atoms with Crippen molar-refractivity contribution in [1.29, 1.82) is 5.41 Å². The zero-order valence-corrected chi connectivity index (χ0v) is 22.6. The van der Waals surface area contributed by atoms with Crippen LogP contribution in [0, 0.1) is 12.3 Å². The molecule has 0 bridgehead atoms. The number of alkyl halides is 3. The number of hydrazone groups is 1. The van der Waals surface area contributed by atoms with Gasteiger partial charge in [0, 0.05) is 0 Å². The van der Waals surface area contributed by atoms with E-state index in [2.05, 4.69) is 36.1 Å². The molecule has 39 heavy (non-hydrogen) atoms. The van der Waals surface area contributed by atoms with Gasteiger partial charge in [0.1, 0.15) is 19.0 Å². The Labute approximate surface area is 228 Å². The molecular weight excluding hydrogens is 533 g/mol. The molecule has 0 spiro atoms. The number of hydrogen-bond acceptors (Lipinski definition) is 7. The van der Waals surface area contributed by atoms with Crippen LogP contribution in [0.25, 0.3) is 6.08 Å². The Kier molecular flexibility index (Phi) is 8.34. The van der Waals surface area contributed by atoms with E-state index in [0.29, 0.717) is 41.2 Å². The summed E-state index contributed by atoms with van der Waals surface area (Å²) in [5, 5.41) is 10.9. The van der Waals surface area contributed by atoms with Crippen molar-refractivity contribution in [3.05, 3.63) is 58.7 Å². The van der Waals surface area contributed by atoms with E-state index in [1.165, 1.54) is 6.08 Å². The number of ether oxygens (including phenoxy) is 3. The summed E-state index contributed by atoms with van der Waals surface area (Å²) in [6.45, 7) is 8.91. The maximum Gasteiger partial charge on any atom is 0.441 e. The molecule has 0 atom stereocenters. The van der Waals surface area contributed by atoms with E-state index in [1.807, 2.05) is 13.0 Å². The van der Waals surface area contributed by atoms with Crippen LogP contribution in [0.5, 0.6) is 17.2 Å². The van der Waals surface area contributed by atoms with Crippen LogP contribution in [0.1, 0.15) is 43.4 Å². The highest BCUT2D eigenvalue weighted by molar-refractivity contribution is 8.27. The third-order valence-electron chi connectivity index (χ3n) is 5.67. The van der Waals surface area contributed by atoms with Gasteiger partial charge in [-0.15, -0.1) is 0 Å². The number of aliphatic imine (C=N–C) groups is 1. The van der Waals surface area contributed by atoms with Crippen molar-refractivity contribution in [2.45, 2.75) is 39.8 Å². The van der Waals surface area contributed by atoms with Crippen LogP contribution in [-0.2, 0) is 4.79 Å². The Morgan fingerprint density at radius 2 is 1.77 bits per heavy atom. The SMILES string of the molecule is CCOc1cc(/C=C2/C(=N)N3N=C(C(F)(F)F)SC3=NC2=O)ccc1OCCOc1cc(C)ccc1C(C)C. The van der Waals surface area contributed by atoms with Gasteiger partial charge < -0.3 is 14.2 Å². The zero-order chi connectivity index (χ0) is 28.3. The molecule has 0 saturated carbocycles. The highest BCUT2D eigenvalue weighted by Gasteiger charge is 2.46. The minimum absolute atomic E-state index is 0.199. The fraction of sp³-hybridized carbons (Fsp3) is 0.333. The molecule has 1 N–H and O–H groups in total. The second-order valence-corrected chi connectivity index (χ2v) is 9.91. The highest BCUT2D eigenvalue weighted by Crippen LogP contribution is 2.36. The molecule has 8 nitrogen and oxygen atoms in total. The van der Waals surface area contributed by atoms with Gasteiger partial charge in [-0.05, 0) is 72.5 Å². The van der Waals surface area contributed by atoms with Crippen molar-refractivity contribution in [3.63, 3.8) is 0 Å². The number of benzene rings is 2. The second kappa shape index (κ2) is 11.5. The van der Waals surface area contributed by atoms with Crippen LogP contribution in [0.15, 0.2) is 52.1 Å². The molecule has 0 aliphatic carbocycles. The van der Waals surface area contributed by atoms with Gasteiger partial charge in [-0.3, -0.25) is 10.2 Å². The van der Waals surface area contributed by atoms with Crippen molar-refractivity contribution < 1.29 is 32.2 Å². The van der Waals surface area contributed by atoms with Crippen LogP contribution in [0.3, 0.4) is 0 Å². The number of carbonyl (C=O) groups excluding carboxylic acids is 1. The minimum Gasteiger partial charge on any atom is -0.490 e. The maximum atomic E-state index is 13.0. The van der Waals surface area contributed by atoms with E-state index >= 15 is 0 Å². The molecule has 2 aliphatic rings. The van der Waals surface area contributed by atoms with Crippen LogP contribution >= 0.6 is 11.8 Å². The smallest absolute Gasteiger partial charge is 0.441 e. The summed E-state index contributed by atoms with van der Waals surface area (Å²) in [5.41, 5.74) is 2.48. The number of amides is 1. The molecule has 12 heteroatoms. The first kappa shape index (κ1) is 28.2. The van der Waals surface area contributed by atoms with Crippen molar-refractivity contribution in [3.8, 4) is 17.2 Å². The van der Waals surface area contributed by atoms with Gasteiger partial charge in [0.15, 0.2) is 17.3 Å². The molecule has 0 aromatic heterocycles. The standard InChI is InChI=1S/C27H27F3N4O4S/c1-5-36-22-14-17(13-19-23(31)34-26(32-24(19)35)39-25(33-34)27(28,29)30)7-9-20(22)37-10-11-38-21-12-16(4)6-8-18(21)15(2)3/h6-9,12-15,31H,5,10-11H2,1-4H3/b19-13-,31-23?. The van der Waals surface area contributed by atoms with Crippen molar-refractivity contribution in [2.24, 2.45) is 10.1 Å². The summed E-state index contributed by atoms with van der Waals surface area (Å²) in [5.74, 6) is 0.656. The number of rotatable bonds is 9. The van der Waals surface area contributed by atoms with Gasteiger partial charge in [0.25, 0.3) is 5.91 Å². The summed E-state index contributed by atoms with van der Waals surface area (Å²) >= 11 is 0.204. The van der Waals surface area contributed by atoms with Gasteiger partial charge in [-0.1, -0.05) is 32.0 Å². The molecule has 0 unspecified atom stereocenters. The van der Waals surface area contributed by atoms with E-state index in [1.54, 1.807) is 25.1 Å². The molecule has 206 valence electrons. The fourth-order valence-corrected chi connectivity index (χ4v) is 4.58. The largest absolute Gasteiger partial charge is 0.490 e. The molecular formula is C27H27F3N4O4S. The number of hydrogen-bond donors (Lipinski definition) is 1. The molecule has 4 rings (SSSR count). The number of nitrogens with zero attached hydrogens (tertiary/aromatic N) is 3. The number of halogens is 3. The summed E-state index contributed by atoms with van der Waals surface area (Å²) in [4.78, 5) is 16.2. The molecule has 0 fully saturated rings. The van der Waals surface area contributed by atoms with Crippen LogP contribution in [0.4, 0.5) is 13.2 Å². The monoisotopic (exact) mass is 560 g/mol. The zero-order valence-electron chi connectivity index (χ0n) is 21.8. The van der Waals surface area contributed by atoms with Gasteiger partial charge in [-0.25, -0.2) is 0 Å². The maximum absolute atomic E-state index is 13.0. The van der Waals surface area contributed by atoms with Crippen molar-refractivity contribution >= 4 is 39.8 Å². The number of fused-ring (bicyclic) bond motifs is 1. The van der Waals surface area contributed by atoms with Gasteiger partial charge in [0.2, 0.25) is 10.2 Å². The van der Waals surface area contributed by atoms with Crippen LogP contribution in [-0.4, -0.2) is 53.0 Å². The first-order valence-corrected chi connectivity index (χ1v) is 13.0. The molecule has 0 radical (unpaired) electrons. The number of amidine groups is 2. The Balaban J connectivity index is 1.48. The Morgan fingerprint density at radius 1 is 1.05 bits per heavy atom. The van der Waals surface area contributed by atoms with E-state index in [-0.39, 0.29) is 29.1 Å². The quantitative estimate of drug-likeness (QED) is 0.292.